The standard InChI is InChI=1S/C25H33FN6O2Si/c1-25(2,3)35(4,5)34-23-8-6-7-22(30-23)32-16-20(27)19(24(32)33)14-28-18-9-10-21(29-13-18)31-12-11-17(26)15-31/h6-10,13-14,17,27-28H,11-12,15-16H2,1-5H3/b19-14+,27-20?/t17-/m0/s1. The lowest BCUT2D eigenvalue weighted by Crippen LogP contribution is -2.44. The highest BCUT2D eigenvalue weighted by Crippen LogP contribution is 2.37. The molecule has 2 saturated heterocycles. The van der Waals surface area contributed by atoms with Gasteiger partial charge in [0.05, 0.1) is 36.3 Å². The number of alkyl halides is 1. The average molecular weight is 497 g/mol. The Morgan fingerprint density at radius 3 is 2.63 bits per heavy atom. The first kappa shape index (κ1) is 24.8. The third-order valence-corrected chi connectivity index (χ3v) is 11.2. The Kier molecular flexibility index (Phi) is 6.68. The summed E-state index contributed by atoms with van der Waals surface area (Å²) < 4.78 is 19.7. The van der Waals surface area contributed by atoms with Gasteiger partial charge in [-0.3, -0.25) is 9.69 Å². The van der Waals surface area contributed by atoms with Crippen LogP contribution >= 0.6 is 0 Å². The van der Waals surface area contributed by atoms with Gasteiger partial charge in [0.25, 0.3) is 14.2 Å². The van der Waals surface area contributed by atoms with Gasteiger partial charge in [0.15, 0.2) is 0 Å². The molecule has 2 aromatic heterocycles. The zero-order valence-corrected chi connectivity index (χ0v) is 21.9. The number of amides is 1. The molecule has 0 bridgehead atoms. The molecular formula is C25H33FN6O2Si. The first-order chi connectivity index (χ1) is 16.4. The van der Waals surface area contributed by atoms with Crippen molar-refractivity contribution < 1.29 is 13.6 Å². The van der Waals surface area contributed by atoms with Crippen LogP contribution in [0.1, 0.15) is 27.2 Å². The summed E-state index contributed by atoms with van der Waals surface area (Å²) in [5, 5.41) is 11.4. The van der Waals surface area contributed by atoms with Crippen LogP contribution in [-0.2, 0) is 4.79 Å². The fraction of sp³-hybridized carbons (Fsp3) is 0.440. The summed E-state index contributed by atoms with van der Waals surface area (Å²) in [5.41, 5.74) is 1.15. The Hall–Kier alpha value is -3.27. The summed E-state index contributed by atoms with van der Waals surface area (Å²) in [4.78, 5) is 25.5. The van der Waals surface area contributed by atoms with Crippen molar-refractivity contribution in [3.63, 3.8) is 0 Å². The molecule has 1 amide bonds. The van der Waals surface area contributed by atoms with E-state index < -0.39 is 14.5 Å². The molecule has 0 radical (unpaired) electrons. The first-order valence-electron chi connectivity index (χ1n) is 11.8. The van der Waals surface area contributed by atoms with Crippen LogP contribution in [0.15, 0.2) is 48.3 Å². The monoisotopic (exact) mass is 496 g/mol. The number of nitrogens with zero attached hydrogens (tertiary/aromatic N) is 4. The number of pyridine rings is 2. The van der Waals surface area contributed by atoms with Gasteiger partial charge < -0.3 is 20.1 Å². The molecule has 2 aliphatic rings. The predicted molar refractivity (Wildman–Crippen MR) is 140 cm³/mol. The second kappa shape index (κ2) is 9.41. The van der Waals surface area contributed by atoms with E-state index in [1.807, 2.05) is 23.1 Å². The van der Waals surface area contributed by atoms with Crippen LogP contribution in [0.5, 0.6) is 5.88 Å². The van der Waals surface area contributed by atoms with Crippen molar-refractivity contribution in [2.24, 2.45) is 0 Å². The molecule has 186 valence electrons. The van der Waals surface area contributed by atoms with Gasteiger partial charge in [-0.15, -0.1) is 0 Å². The lowest BCUT2D eigenvalue weighted by Gasteiger charge is -2.36. The third-order valence-electron chi connectivity index (χ3n) is 6.85. The van der Waals surface area contributed by atoms with Crippen molar-refractivity contribution in [1.29, 1.82) is 5.41 Å². The van der Waals surface area contributed by atoms with Crippen molar-refractivity contribution in [1.82, 2.24) is 9.97 Å². The van der Waals surface area contributed by atoms with Crippen molar-refractivity contribution in [2.75, 3.05) is 34.8 Å². The van der Waals surface area contributed by atoms with E-state index in [2.05, 4.69) is 49.1 Å². The fourth-order valence-electron chi connectivity index (χ4n) is 3.69. The van der Waals surface area contributed by atoms with E-state index in [0.717, 1.165) is 5.82 Å². The Labute approximate surface area is 206 Å². The first-order valence-corrected chi connectivity index (χ1v) is 14.7. The third kappa shape index (κ3) is 5.37. The molecule has 0 saturated carbocycles. The summed E-state index contributed by atoms with van der Waals surface area (Å²) in [6, 6.07) is 9.03. The number of rotatable bonds is 6. The van der Waals surface area contributed by atoms with E-state index in [1.54, 1.807) is 18.3 Å². The van der Waals surface area contributed by atoms with Crippen molar-refractivity contribution >= 4 is 37.3 Å². The number of hydrogen-bond donors (Lipinski definition) is 2. The SMILES string of the molecule is CC(C)(C)[Si](C)(C)Oc1cccc(N2CC(=N)/C(=C\Nc3ccc(N4CC[C@H](F)C4)nc3)C2=O)n1. The molecule has 4 heterocycles. The molecular weight excluding hydrogens is 463 g/mol. The molecule has 1 atom stereocenters. The molecule has 2 fully saturated rings. The second-order valence-electron chi connectivity index (χ2n) is 10.5. The molecule has 2 N–H and O–H groups in total. The maximum atomic E-state index is 13.4. The van der Waals surface area contributed by atoms with E-state index in [1.165, 1.54) is 11.1 Å². The number of hydrogen-bond acceptors (Lipinski definition) is 7. The van der Waals surface area contributed by atoms with Crippen LogP contribution in [0.3, 0.4) is 0 Å². The number of anilines is 3. The molecule has 4 rings (SSSR count). The molecule has 2 aromatic rings. The quantitative estimate of drug-likeness (QED) is 0.442. The number of carbonyl (C=O) groups is 1. The van der Waals surface area contributed by atoms with Gasteiger partial charge in [-0.05, 0) is 48.8 Å². The van der Waals surface area contributed by atoms with Crippen LogP contribution in [-0.4, -0.2) is 55.7 Å². The highest BCUT2D eigenvalue weighted by atomic mass is 28.4. The summed E-state index contributed by atoms with van der Waals surface area (Å²) in [6.07, 6.45) is 2.89. The molecule has 0 aliphatic carbocycles. The summed E-state index contributed by atoms with van der Waals surface area (Å²) in [7, 11) is -2.08. The van der Waals surface area contributed by atoms with Gasteiger partial charge >= 0.3 is 0 Å². The van der Waals surface area contributed by atoms with Gasteiger partial charge in [-0.1, -0.05) is 26.8 Å². The zero-order chi connectivity index (χ0) is 25.4. The minimum atomic E-state index is -2.08. The maximum Gasteiger partial charge on any atom is 0.263 e. The van der Waals surface area contributed by atoms with Crippen LogP contribution in [0.25, 0.3) is 0 Å². The molecule has 10 heteroatoms. The van der Waals surface area contributed by atoms with E-state index in [4.69, 9.17) is 9.84 Å². The van der Waals surface area contributed by atoms with Crippen LogP contribution in [0.4, 0.5) is 21.7 Å². The summed E-state index contributed by atoms with van der Waals surface area (Å²) in [5.74, 6) is 1.38. The molecule has 35 heavy (non-hydrogen) atoms. The summed E-state index contributed by atoms with van der Waals surface area (Å²) in [6.45, 7) is 11.9. The second-order valence-corrected chi connectivity index (χ2v) is 15.2. The number of carbonyl (C=O) groups excluding carboxylic acids is 1. The lowest BCUT2D eigenvalue weighted by atomic mass is 10.2. The average Bonchev–Trinajstić information content (AvgIpc) is 3.34. The van der Waals surface area contributed by atoms with E-state index >= 15 is 0 Å². The highest BCUT2D eigenvalue weighted by Gasteiger charge is 2.39. The normalized spacial score (nSPS) is 20.2. The highest BCUT2D eigenvalue weighted by molar-refractivity contribution is 6.74. The van der Waals surface area contributed by atoms with E-state index in [0.29, 0.717) is 36.9 Å². The fourth-order valence-corrected chi connectivity index (χ4v) is 4.63. The Morgan fingerprint density at radius 1 is 1.23 bits per heavy atom. The number of halogens is 1. The minimum absolute atomic E-state index is 0.0229. The Balaban J connectivity index is 1.45. The number of aromatic nitrogens is 2. The van der Waals surface area contributed by atoms with Crippen molar-refractivity contribution in [2.45, 2.75) is 51.5 Å². The van der Waals surface area contributed by atoms with Gasteiger partial charge in [0.1, 0.15) is 17.8 Å². The van der Waals surface area contributed by atoms with Gasteiger partial charge in [-0.2, -0.15) is 4.98 Å². The number of nitrogens with one attached hydrogen (secondary N) is 2. The Morgan fingerprint density at radius 2 is 2.00 bits per heavy atom. The molecule has 8 nitrogen and oxygen atoms in total. The predicted octanol–water partition coefficient (Wildman–Crippen LogP) is 4.77. The van der Waals surface area contributed by atoms with E-state index in [9.17, 15) is 9.18 Å². The Bertz CT molecular complexity index is 1150. The van der Waals surface area contributed by atoms with Gasteiger partial charge in [0, 0.05) is 12.7 Å². The maximum absolute atomic E-state index is 13.4. The van der Waals surface area contributed by atoms with E-state index in [-0.39, 0.29) is 28.8 Å². The van der Waals surface area contributed by atoms with Crippen LogP contribution in [0.2, 0.25) is 18.1 Å². The largest absolute Gasteiger partial charge is 0.531 e. The lowest BCUT2D eigenvalue weighted by molar-refractivity contribution is -0.114. The molecule has 0 aromatic carbocycles. The van der Waals surface area contributed by atoms with Gasteiger partial charge in [-0.25, -0.2) is 9.37 Å². The van der Waals surface area contributed by atoms with Crippen LogP contribution < -0.4 is 19.5 Å². The van der Waals surface area contributed by atoms with Crippen molar-refractivity contribution in [3.8, 4) is 5.88 Å². The molecule has 2 aliphatic heterocycles. The minimum Gasteiger partial charge on any atom is -0.531 e. The summed E-state index contributed by atoms with van der Waals surface area (Å²) >= 11 is 0. The topological polar surface area (TPSA) is 94.4 Å². The zero-order valence-electron chi connectivity index (χ0n) is 20.9. The molecule has 0 spiro atoms. The van der Waals surface area contributed by atoms with Crippen LogP contribution in [0, 0.1) is 5.41 Å². The smallest absolute Gasteiger partial charge is 0.263 e. The molecule has 0 unspecified atom stereocenters. The van der Waals surface area contributed by atoms with Gasteiger partial charge in [0.2, 0.25) is 5.88 Å². The van der Waals surface area contributed by atoms with Crippen molar-refractivity contribution in [3.05, 3.63) is 48.3 Å².